The first-order chi connectivity index (χ1) is 9.66. The second-order valence-electron chi connectivity index (χ2n) is 4.50. The molecule has 0 bridgehead atoms. The van der Waals surface area contributed by atoms with Gasteiger partial charge in [0.2, 0.25) is 0 Å². The standard InChI is InChI=1S/C16H16FNO2/c17-14-9-5-4-8-13(14)11-20-16(19)15(18)10-12-6-2-1-3-7-12/h1-9,15H,10-11,18H2/t15-/m1/s1. The van der Waals surface area contributed by atoms with Gasteiger partial charge in [0.15, 0.2) is 0 Å². The number of hydrogen-bond donors (Lipinski definition) is 1. The fourth-order valence-corrected chi connectivity index (χ4v) is 1.82. The molecule has 0 radical (unpaired) electrons. The number of nitrogens with two attached hydrogens (primary N) is 1. The molecule has 3 nitrogen and oxygen atoms in total. The lowest BCUT2D eigenvalue weighted by atomic mass is 10.1. The molecular formula is C16H16FNO2. The van der Waals surface area contributed by atoms with E-state index in [1.165, 1.54) is 6.07 Å². The Morgan fingerprint density at radius 3 is 2.45 bits per heavy atom. The Kier molecular flexibility index (Phi) is 4.85. The van der Waals surface area contributed by atoms with Gasteiger partial charge in [0, 0.05) is 5.56 Å². The van der Waals surface area contributed by atoms with E-state index in [2.05, 4.69) is 0 Å². The summed E-state index contributed by atoms with van der Waals surface area (Å²) in [5.41, 5.74) is 7.08. The lowest BCUT2D eigenvalue weighted by Gasteiger charge is -2.12. The molecule has 0 spiro atoms. The third-order valence-corrected chi connectivity index (χ3v) is 2.93. The van der Waals surface area contributed by atoms with Crippen molar-refractivity contribution in [3.8, 4) is 0 Å². The number of halogens is 1. The average Bonchev–Trinajstić information content (AvgIpc) is 2.47. The normalized spacial score (nSPS) is 11.9. The van der Waals surface area contributed by atoms with Crippen LogP contribution in [0, 0.1) is 5.82 Å². The largest absolute Gasteiger partial charge is 0.460 e. The van der Waals surface area contributed by atoms with E-state index in [1.807, 2.05) is 30.3 Å². The smallest absolute Gasteiger partial charge is 0.323 e. The monoisotopic (exact) mass is 273 g/mol. The summed E-state index contributed by atoms with van der Waals surface area (Å²) in [6.45, 7) is -0.103. The van der Waals surface area contributed by atoms with E-state index in [1.54, 1.807) is 18.2 Å². The number of carbonyl (C=O) groups is 1. The lowest BCUT2D eigenvalue weighted by Crippen LogP contribution is -2.34. The summed E-state index contributed by atoms with van der Waals surface area (Å²) in [6, 6.07) is 14.9. The van der Waals surface area contributed by atoms with Crippen molar-refractivity contribution in [3.63, 3.8) is 0 Å². The predicted octanol–water partition coefficient (Wildman–Crippen LogP) is 2.44. The van der Waals surface area contributed by atoms with Crippen molar-refractivity contribution in [1.29, 1.82) is 0 Å². The minimum Gasteiger partial charge on any atom is -0.460 e. The Bertz CT molecular complexity index is 572. The van der Waals surface area contributed by atoms with Crippen LogP contribution >= 0.6 is 0 Å². The lowest BCUT2D eigenvalue weighted by molar-refractivity contribution is -0.146. The third-order valence-electron chi connectivity index (χ3n) is 2.93. The number of benzene rings is 2. The molecule has 0 saturated heterocycles. The fourth-order valence-electron chi connectivity index (χ4n) is 1.82. The Morgan fingerprint density at radius 2 is 1.75 bits per heavy atom. The van der Waals surface area contributed by atoms with Crippen LogP contribution in [0.25, 0.3) is 0 Å². The van der Waals surface area contributed by atoms with Gasteiger partial charge in [0.1, 0.15) is 18.5 Å². The maximum atomic E-state index is 13.4. The highest BCUT2D eigenvalue weighted by molar-refractivity contribution is 5.75. The molecule has 0 unspecified atom stereocenters. The summed E-state index contributed by atoms with van der Waals surface area (Å²) in [5, 5.41) is 0. The van der Waals surface area contributed by atoms with E-state index in [4.69, 9.17) is 10.5 Å². The molecule has 0 aliphatic rings. The van der Waals surface area contributed by atoms with Gasteiger partial charge in [-0.25, -0.2) is 4.39 Å². The molecule has 4 heteroatoms. The van der Waals surface area contributed by atoms with Gasteiger partial charge < -0.3 is 10.5 Å². The van der Waals surface area contributed by atoms with Gasteiger partial charge in [-0.2, -0.15) is 0 Å². The number of rotatable bonds is 5. The van der Waals surface area contributed by atoms with Crippen LogP contribution in [0.15, 0.2) is 54.6 Å². The van der Waals surface area contributed by atoms with Crippen LogP contribution < -0.4 is 5.73 Å². The molecular weight excluding hydrogens is 257 g/mol. The molecule has 0 fully saturated rings. The maximum Gasteiger partial charge on any atom is 0.323 e. The Balaban J connectivity index is 1.87. The Morgan fingerprint density at radius 1 is 1.10 bits per heavy atom. The third kappa shape index (κ3) is 3.90. The van der Waals surface area contributed by atoms with Crippen LogP contribution in [0.2, 0.25) is 0 Å². The van der Waals surface area contributed by atoms with Gasteiger partial charge in [-0.05, 0) is 18.1 Å². The Labute approximate surface area is 117 Å². The quantitative estimate of drug-likeness (QED) is 0.851. The molecule has 2 aromatic carbocycles. The summed E-state index contributed by atoms with van der Waals surface area (Å²) >= 11 is 0. The van der Waals surface area contributed by atoms with E-state index in [9.17, 15) is 9.18 Å². The average molecular weight is 273 g/mol. The SMILES string of the molecule is N[C@H](Cc1ccccc1)C(=O)OCc1ccccc1F. The number of carbonyl (C=O) groups excluding carboxylic acids is 1. The van der Waals surface area contributed by atoms with Gasteiger partial charge in [-0.15, -0.1) is 0 Å². The van der Waals surface area contributed by atoms with E-state index in [0.717, 1.165) is 5.56 Å². The van der Waals surface area contributed by atoms with E-state index in [0.29, 0.717) is 12.0 Å². The number of hydrogen-bond acceptors (Lipinski definition) is 3. The van der Waals surface area contributed by atoms with Gasteiger partial charge in [0.05, 0.1) is 0 Å². The van der Waals surface area contributed by atoms with Crippen molar-refractivity contribution >= 4 is 5.97 Å². The van der Waals surface area contributed by atoms with Crippen molar-refractivity contribution < 1.29 is 13.9 Å². The van der Waals surface area contributed by atoms with Crippen LogP contribution in [-0.2, 0) is 22.6 Å². The molecule has 2 N–H and O–H groups in total. The maximum absolute atomic E-state index is 13.4. The number of ether oxygens (including phenoxy) is 1. The highest BCUT2D eigenvalue weighted by Gasteiger charge is 2.16. The van der Waals surface area contributed by atoms with Crippen LogP contribution in [0.1, 0.15) is 11.1 Å². The van der Waals surface area contributed by atoms with Gasteiger partial charge >= 0.3 is 5.97 Å². The van der Waals surface area contributed by atoms with Gasteiger partial charge in [-0.1, -0.05) is 48.5 Å². The zero-order valence-corrected chi connectivity index (χ0v) is 11.0. The van der Waals surface area contributed by atoms with E-state index >= 15 is 0 Å². The molecule has 104 valence electrons. The molecule has 0 aliphatic carbocycles. The molecule has 0 saturated carbocycles. The molecule has 0 amide bonds. The van der Waals surface area contributed by atoms with E-state index in [-0.39, 0.29) is 6.61 Å². The summed E-state index contributed by atoms with van der Waals surface area (Å²) in [6.07, 6.45) is 0.400. The van der Waals surface area contributed by atoms with Crippen molar-refractivity contribution in [3.05, 3.63) is 71.5 Å². The fraction of sp³-hybridized carbons (Fsp3) is 0.188. The molecule has 20 heavy (non-hydrogen) atoms. The zero-order valence-electron chi connectivity index (χ0n) is 11.0. The van der Waals surface area contributed by atoms with Crippen LogP contribution in [0.5, 0.6) is 0 Å². The molecule has 0 aromatic heterocycles. The minimum atomic E-state index is -0.746. The number of esters is 1. The highest BCUT2D eigenvalue weighted by Crippen LogP contribution is 2.09. The van der Waals surface area contributed by atoms with Crippen LogP contribution in [0.3, 0.4) is 0 Å². The van der Waals surface area contributed by atoms with Crippen LogP contribution in [0.4, 0.5) is 4.39 Å². The summed E-state index contributed by atoms with van der Waals surface area (Å²) in [5.74, 6) is -0.922. The summed E-state index contributed by atoms with van der Waals surface area (Å²) < 4.78 is 18.4. The van der Waals surface area contributed by atoms with Crippen molar-refractivity contribution in [1.82, 2.24) is 0 Å². The Hall–Kier alpha value is -2.20. The second-order valence-corrected chi connectivity index (χ2v) is 4.50. The summed E-state index contributed by atoms with van der Waals surface area (Å²) in [4.78, 5) is 11.8. The first kappa shape index (κ1) is 14.2. The molecule has 2 aromatic rings. The van der Waals surface area contributed by atoms with Crippen molar-refractivity contribution in [2.75, 3.05) is 0 Å². The first-order valence-corrected chi connectivity index (χ1v) is 6.36. The topological polar surface area (TPSA) is 52.3 Å². The summed E-state index contributed by atoms with van der Waals surface area (Å²) in [7, 11) is 0. The van der Waals surface area contributed by atoms with Crippen molar-refractivity contribution in [2.45, 2.75) is 19.1 Å². The molecule has 1 atom stereocenters. The first-order valence-electron chi connectivity index (χ1n) is 6.36. The van der Waals surface area contributed by atoms with Crippen LogP contribution in [-0.4, -0.2) is 12.0 Å². The van der Waals surface area contributed by atoms with E-state index < -0.39 is 17.8 Å². The highest BCUT2D eigenvalue weighted by atomic mass is 19.1. The molecule has 2 rings (SSSR count). The van der Waals surface area contributed by atoms with Gasteiger partial charge in [0.25, 0.3) is 0 Å². The molecule has 0 aliphatic heterocycles. The predicted molar refractivity (Wildman–Crippen MR) is 74.3 cm³/mol. The van der Waals surface area contributed by atoms with Gasteiger partial charge in [-0.3, -0.25) is 4.79 Å². The molecule has 0 heterocycles. The second kappa shape index (κ2) is 6.82. The van der Waals surface area contributed by atoms with Crippen molar-refractivity contribution in [2.24, 2.45) is 5.73 Å². The zero-order chi connectivity index (χ0) is 14.4. The minimum absolute atomic E-state index is 0.103.